The van der Waals surface area contributed by atoms with Crippen LogP contribution in [0.4, 0.5) is 0 Å². The van der Waals surface area contributed by atoms with Crippen molar-refractivity contribution in [1.82, 2.24) is 10.9 Å². The van der Waals surface area contributed by atoms with Crippen LogP contribution < -0.4 is 15.6 Å². The summed E-state index contributed by atoms with van der Waals surface area (Å²) in [6, 6.07) is 4.05. The van der Waals surface area contributed by atoms with Crippen LogP contribution in [-0.4, -0.2) is 25.7 Å². The van der Waals surface area contributed by atoms with Gasteiger partial charge in [-0.25, -0.2) is 10.9 Å². The minimum atomic E-state index is -0.295. The summed E-state index contributed by atoms with van der Waals surface area (Å²) in [4.78, 5) is 11.6. The lowest BCUT2D eigenvalue weighted by Crippen LogP contribution is -2.36. The van der Waals surface area contributed by atoms with Gasteiger partial charge < -0.3 is 9.47 Å². The quantitative estimate of drug-likeness (QED) is 0.815. The van der Waals surface area contributed by atoms with Gasteiger partial charge in [-0.1, -0.05) is 19.1 Å². The summed E-state index contributed by atoms with van der Waals surface area (Å²) in [5, 5.41) is 0. The summed E-state index contributed by atoms with van der Waals surface area (Å²) >= 11 is 0. The van der Waals surface area contributed by atoms with E-state index in [0.29, 0.717) is 6.42 Å². The van der Waals surface area contributed by atoms with E-state index in [1.165, 1.54) is 7.11 Å². The van der Waals surface area contributed by atoms with Gasteiger partial charge in [0.1, 0.15) is 11.8 Å². The van der Waals surface area contributed by atoms with Crippen LogP contribution in [0.15, 0.2) is 12.1 Å². The number of hydrogen-bond donors (Lipinski definition) is 2. The first-order valence-electron chi connectivity index (χ1n) is 7.39. The number of benzene rings is 1. The molecular weight excluding hydrogens is 268 g/mol. The monoisotopic (exact) mass is 292 g/mol. The first-order chi connectivity index (χ1) is 10.1. The van der Waals surface area contributed by atoms with Crippen LogP contribution in [0.5, 0.6) is 5.75 Å². The predicted octanol–water partition coefficient (Wildman–Crippen LogP) is 2.17. The van der Waals surface area contributed by atoms with E-state index in [2.05, 4.69) is 43.8 Å². The first-order valence-corrected chi connectivity index (χ1v) is 7.39. The zero-order valence-corrected chi connectivity index (χ0v) is 13.2. The van der Waals surface area contributed by atoms with Crippen molar-refractivity contribution in [3.63, 3.8) is 0 Å². The van der Waals surface area contributed by atoms with Gasteiger partial charge in [0.25, 0.3) is 0 Å². The zero-order valence-electron chi connectivity index (χ0n) is 13.2. The molecule has 0 bridgehead atoms. The molecule has 0 aliphatic carbocycles. The van der Waals surface area contributed by atoms with Gasteiger partial charge in [-0.2, -0.15) is 0 Å². The third-order valence-electron chi connectivity index (χ3n) is 3.72. The molecule has 2 rings (SSSR count). The van der Waals surface area contributed by atoms with Crippen LogP contribution in [-0.2, 0) is 9.53 Å². The van der Waals surface area contributed by atoms with E-state index in [4.69, 9.17) is 9.47 Å². The summed E-state index contributed by atoms with van der Waals surface area (Å²) in [5.74, 6) is 0.734. The van der Waals surface area contributed by atoms with Crippen molar-refractivity contribution < 1.29 is 14.3 Å². The molecule has 0 amide bonds. The minimum absolute atomic E-state index is 0.103. The van der Waals surface area contributed by atoms with Gasteiger partial charge in [0.15, 0.2) is 0 Å². The third kappa shape index (κ3) is 3.54. The van der Waals surface area contributed by atoms with E-state index in [-0.39, 0.29) is 18.1 Å². The maximum Gasteiger partial charge on any atom is 0.324 e. The highest BCUT2D eigenvalue weighted by Crippen LogP contribution is 2.30. The van der Waals surface area contributed by atoms with E-state index in [1.807, 2.05) is 0 Å². The molecule has 0 aromatic heterocycles. The lowest BCUT2D eigenvalue weighted by molar-refractivity contribution is -0.142. The summed E-state index contributed by atoms with van der Waals surface area (Å²) in [6.45, 7) is 6.94. The Labute approximate surface area is 126 Å². The number of nitrogens with one attached hydrogen (secondary N) is 2. The van der Waals surface area contributed by atoms with Crippen molar-refractivity contribution in [1.29, 1.82) is 0 Å². The molecular formula is C16H24N2O3. The average Bonchev–Trinajstić information content (AvgIpc) is 2.95. The van der Waals surface area contributed by atoms with Crippen LogP contribution in [0.3, 0.4) is 0 Å². The number of rotatable bonds is 5. The Morgan fingerprint density at radius 2 is 1.95 bits per heavy atom. The predicted molar refractivity (Wildman–Crippen MR) is 81.1 cm³/mol. The summed E-state index contributed by atoms with van der Waals surface area (Å²) in [5.41, 5.74) is 9.56. The van der Waals surface area contributed by atoms with Gasteiger partial charge in [0, 0.05) is 6.04 Å². The van der Waals surface area contributed by atoms with Crippen molar-refractivity contribution in [2.24, 2.45) is 0 Å². The van der Waals surface area contributed by atoms with Gasteiger partial charge in [-0.05, 0) is 43.4 Å². The lowest BCUT2D eigenvalue weighted by atomic mass is 9.97. The number of methoxy groups -OCH3 is 1. The molecule has 1 aliphatic heterocycles. The van der Waals surface area contributed by atoms with Gasteiger partial charge in [0.05, 0.1) is 13.7 Å². The zero-order chi connectivity index (χ0) is 15.4. The second-order valence-corrected chi connectivity index (χ2v) is 5.48. The molecule has 116 valence electrons. The SMILES string of the molecule is CCCOc1c(C)cc(C2CC(C(=O)OC)NN2)cc1C. The topological polar surface area (TPSA) is 59.6 Å². The van der Waals surface area contributed by atoms with E-state index < -0.39 is 0 Å². The molecule has 5 nitrogen and oxygen atoms in total. The highest BCUT2D eigenvalue weighted by Gasteiger charge is 2.31. The highest BCUT2D eigenvalue weighted by molar-refractivity contribution is 5.76. The summed E-state index contributed by atoms with van der Waals surface area (Å²) < 4.78 is 10.6. The molecule has 0 radical (unpaired) electrons. The molecule has 0 saturated carbocycles. The number of hydrogen-bond acceptors (Lipinski definition) is 5. The molecule has 1 fully saturated rings. The van der Waals surface area contributed by atoms with Crippen molar-refractivity contribution in [3.05, 3.63) is 28.8 Å². The van der Waals surface area contributed by atoms with Crippen LogP contribution >= 0.6 is 0 Å². The number of aryl methyl sites for hydroxylation is 2. The van der Waals surface area contributed by atoms with Crippen molar-refractivity contribution >= 4 is 5.97 Å². The molecule has 1 saturated heterocycles. The van der Waals surface area contributed by atoms with Crippen LogP contribution in [0.2, 0.25) is 0 Å². The molecule has 1 heterocycles. The lowest BCUT2D eigenvalue weighted by Gasteiger charge is -2.16. The average molecular weight is 292 g/mol. The minimum Gasteiger partial charge on any atom is -0.493 e. The number of hydrazine groups is 1. The van der Waals surface area contributed by atoms with E-state index in [0.717, 1.165) is 35.5 Å². The highest BCUT2D eigenvalue weighted by atomic mass is 16.5. The fourth-order valence-electron chi connectivity index (χ4n) is 2.69. The van der Waals surface area contributed by atoms with E-state index in [9.17, 15) is 4.79 Å². The smallest absolute Gasteiger partial charge is 0.324 e. The largest absolute Gasteiger partial charge is 0.493 e. The molecule has 2 atom stereocenters. The van der Waals surface area contributed by atoms with Gasteiger partial charge in [0.2, 0.25) is 0 Å². The Morgan fingerprint density at radius 3 is 2.52 bits per heavy atom. The van der Waals surface area contributed by atoms with Gasteiger partial charge in [-0.3, -0.25) is 4.79 Å². The number of esters is 1. The van der Waals surface area contributed by atoms with Crippen molar-refractivity contribution in [2.45, 2.75) is 45.7 Å². The molecule has 1 aromatic carbocycles. The first kappa shape index (κ1) is 15.8. The molecule has 5 heteroatoms. The molecule has 1 aromatic rings. The second kappa shape index (κ2) is 6.91. The maximum absolute atomic E-state index is 11.6. The van der Waals surface area contributed by atoms with Crippen LogP contribution in [0, 0.1) is 13.8 Å². The standard InChI is InChI=1S/C16H24N2O3/c1-5-6-21-15-10(2)7-12(8-11(15)3)13-9-14(18-17-13)16(19)20-4/h7-8,13-14,17-18H,5-6,9H2,1-4H3. The molecule has 1 aliphatic rings. The fourth-order valence-corrected chi connectivity index (χ4v) is 2.69. The second-order valence-electron chi connectivity index (χ2n) is 5.48. The Bertz CT molecular complexity index is 493. The van der Waals surface area contributed by atoms with Crippen molar-refractivity contribution in [3.8, 4) is 5.75 Å². The van der Waals surface area contributed by atoms with Crippen molar-refractivity contribution in [2.75, 3.05) is 13.7 Å². The molecule has 21 heavy (non-hydrogen) atoms. The Kier molecular flexibility index (Phi) is 5.20. The van der Waals surface area contributed by atoms with Gasteiger partial charge in [-0.15, -0.1) is 0 Å². The van der Waals surface area contributed by atoms with Crippen LogP contribution in [0.1, 0.15) is 42.5 Å². The van der Waals surface area contributed by atoms with Gasteiger partial charge >= 0.3 is 5.97 Å². The van der Waals surface area contributed by atoms with E-state index in [1.54, 1.807) is 0 Å². The summed E-state index contributed by atoms with van der Waals surface area (Å²) in [7, 11) is 1.41. The number of ether oxygens (including phenoxy) is 2. The molecule has 0 spiro atoms. The Morgan fingerprint density at radius 1 is 1.29 bits per heavy atom. The third-order valence-corrected chi connectivity index (χ3v) is 3.72. The summed E-state index contributed by atoms with van der Waals surface area (Å²) in [6.07, 6.45) is 1.68. The Hall–Kier alpha value is -1.59. The fraction of sp³-hybridized carbons (Fsp3) is 0.562. The molecule has 2 N–H and O–H groups in total. The molecule has 2 unspecified atom stereocenters. The van der Waals surface area contributed by atoms with E-state index >= 15 is 0 Å². The Balaban J connectivity index is 2.13. The van der Waals surface area contributed by atoms with Crippen LogP contribution in [0.25, 0.3) is 0 Å². The number of carbonyl (C=O) groups is 1. The number of carbonyl (C=O) groups excluding carboxylic acids is 1. The normalized spacial score (nSPS) is 21.3. The maximum atomic E-state index is 11.6.